The van der Waals surface area contributed by atoms with Crippen molar-refractivity contribution >= 4 is 45.1 Å². The van der Waals surface area contributed by atoms with Crippen molar-refractivity contribution < 1.29 is 41.9 Å². The Kier molecular flexibility index (Phi) is 6.56. The van der Waals surface area contributed by atoms with Crippen molar-refractivity contribution in [2.45, 2.75) is 28.8 Å². The number of carbonyl (C=O) groups excluding carboxylic acids is 3. The van der Waals surface area contributed by atoms with Gasteiger partial charge in [-0.25, -0.2) is 32.1 Å². The SMILES string of the molecule is COC(=O)C1=C(C(=O)OC)[C@@H]2N(C)c3ccccc3[C@@]23C[C@@H](C(=O)OC)N(S(=O)(=O)c2ccc([N+](=O)[O-])cc2)C3=N1. The molecule has 0 N–H and O–H groups in total. The predicted molar refractivity (Wildman–Crippen MR) is 141 cm³/mol. The van der Waals surface area contributed by atoms with Crippen LogP contribution in [0.2, 0.25) is 0 Å². The number of carbonyl (C=O) groups is 3. The first-order chi connectivity index (χ1) is 19.4. The summed E-state index contributed by atoms with van der Waals surface area (Å²) in [5.41, 5.74) is -1.25. The first kappa shape index (κ1) is 27.8. The number of nitro groups is 1. The maximum Gasteiger partial charge on any atom is 0.357 e. The fraction of sp³-hybridized carbons (Fsp3) is 0.308. The first-order valence-corrected chi connectivity index (χ1v) is 13.6. The summed E-state index contributed by atoms with van der Waals surface area (Å²) >= 11 is 0. The highest BCUT2D eigenvalue weighted by atomic mass is 32.2. The molecule has 0 bridgehead atoms. The third-order valence-electron chi connectivity index (χ3n) is 7.63. The van der Waals surface area contributed by atoms with E-state index >= 15 is 0 Å². The molecule has 1 fully saturated rings. The highest BCUT2D eigenvalue weighted by Gasteiger charge is 2.68. The quantitative estimate of drug-likeness (QED) is 0.207. The van der Waals surface area contributed by atoms with Crippen LogP contribution in [-0.2, 0) is 44.0 Å². The number of likely N-dealkylation sites (N-methyl/N-ethyl adjacent to an activating group) is 1. The van der Waals surface area contributed by atoms with Crippen LogP contribution in [0.5, 0.6) is 0 Å². The number of fused-ring (bicyclic) bond motifs is 1. The molecule has 2 aromatic carbocycles. The summed E-state index contributed by atoms with van der Waals surface area (Å²) in [6.07, 6.45) is -0.203. The summed E-state index contributed by atoms with van der Waals surface area (Å²) in [4.78, 5) is 55.7. The summed E-state index contributed by atoms with van der Waals surface area (Å²) in [5.74, 6) is -3.03. The van der Waals surface area contributed by atoms with E-state index in [9.17, 15) is 32.9 Å². The molecule has 3 atom stereocenters. The van der Waals surface area contributed by atoms with E-state index in [0.29, 0.717) is 11.3 Å². The van der Waals surface area contributed by atoms with E-state index in [-0.39, 0.29) is 28.4 Å². The van der Waals surface area contributed by atoms with Gasteiger partial charge in [-0.2, -0.15) is 0 Å². The Hall–Kier alpha value is -4.79. The van der Waals surface area contributed by atoms with Crippen LogP contribution in [0.4, 0.5) is 11.4 Å². The second-order valence-corrected chi connectivity index (χ2v) is 11.3. The Morgan fingerprint density at radius 3 is 2.22 bits per heavy atom. The third-order valence-corrected chi connectivity index (χ3v) is 9.45. The molecule has 0 unspecified atom stereocenters. The van der Waals surface area contributed by atoms with Crippen LogP contribution < -0.4 is 4.90 Å². The van der Waals surface area contributed by atoms with Crippen LogP contribution in [-0.4, -0.2) is 81.9 Å². The largest absolute Gasteiger partial charge is 0.467 e. The lowest BCUT2D eigenvalue weighted by Crippen LogP contribution is -2.55. The Morgan fingerprint density at radius 2 is 1.63 bits per heavy atom. The molecule has 3 aliphatic heterocycles. The van der Waals surface area contributed by atoms with Gasteiger partial charge in [0.25, 0.3) is 15.7 Å². The number of benzene rings is 2. The average molecular weight is 585 g/mol. The molecule has 0 amide bonds. The second kappa shape index (κ2) is 9.69. The van der Waals surface area contributed by atoms with Gasteiger partial charge in [-0.05, 0) is 30.2 Å². The van der Waals surface area contributed by atoms with E-state index in [1.54, 1.807) is 36.2 Å². The minimum absolute atomic E-state index is 0.167. The molecule has 3 aliphatic rings. The molecule has 15 heteroatoms. The van der Waals surface area contributed by atoms with Crippen molar-refractivity contribution in [1.29, 1.82) is 0 Å². The molecule has 41 heavy (non-hydrogen) atoms. The van der Waals surface area contributed by atoms with Crippen molar-refractivity contribution in [1.82, 2.24) is 4.31 Å². The number of sulfonamides is 1. The summed E-state index contributed by atoms with van der Waals surface area (Å²) < 4.78 is 44.2. The number of hydrogen-bond acceptors (Lipinski definition) is 12. The molecule has 1 saturated heterocycles. The molecule has 0 saturated carbocycles. The Morgan fingerprint density at radius 1 is 1.00 bits per heavy atom. The normalized spacial score (nSPS) is 22.8. The number of para-hydroxylation sites is 1. The van der Waals surface area contributed by atoms with E-state index in [1.807, 2.05) is 0 Å². The number of nitro benzene ring substituents is 1. The summed E-state index contributed by atoms with van der Waals surface area (Å²) in [6, 6.07) is 8.58. The average Bonchev–Trinajstić information content (AvgIpc) is 3.46. The molecule has 0 aliphatic carbocycles. The minimum atomic E-state index is -4.65. The number of ether oxygens (including phenoxy) is 3. The van der Waals surface area contributed by atoms with Crippen LogP contribution >= 0.6 is 0 Å². The summed E-state index contributed by atoms with van der Waals surface area (Å²) in [6.45, 7) is 0. The smallest absolute Gasteiger partial charge is 0.357 e. The molecule has 0 aromatic heterocycles. The maximum absolute atomic E-state index is 14.2. The molecule has 214 valence electrons. The van der Waals surface area contributed by atoms with E-state index in [0.717, 1.165) is 49.9 Å². The van der Waals surface area contributed by atoms with E-state index < -0.39 is 56.1 Å². The van der Waals surface area contributed by atoms with Gasteiger partial charge in [-0.1, -0.05) is 18.2 Å². The molecule has 3 heterocycles. The maximum atomic E-state index is 14.2. The van der Waals surface area contributed by atoms with Gasteiger partial charge >= 0.3 is 17.9 Å². The molecule has 0 radical (unpaired) electrons. The van der Waals surface area contributed by atoms with E-state index in [2.05, 4.69) is 4.99 Å². The van der Waals surface area contributed by atoms with Gasteiger partial charge in [0.1, 0.15) is 11.9 Å². The zero-order valence-corrected chi connectivity index (χ0v) is 23.1. The van der Waals surface area contributed by atoms with Crippen LogP contribution in [0.1, 0.15) is 12.0 Å². The Balaban J connectivity index is 1.86. The summed E-state index contributed by atoms with van der Waals surface area (Å²) in [7, 11) is 0.333. The lowest BCUT2D eigenvalue weighted by molar-refractivity contribution is -0.384. The van der Waals surface area contributed by atoms with Gasteiger partial charge in [0.2, 0.25) is 0 Å². The Bertz CT molecular complexity index is 1670. The van der Waals surface area contributed by atoms with Gasteiger partial charge in [0, 0.05) is 24.9 Å². The number of anilines is 1. The molecule has 5 rings (SSSR count). The topological polar surface area (TPSA) is 175 Å². The first-order valence-electron chi connectivity index (χ1n) is 12.1. The zero-order valence-electron chi connectivity index (χ0n) is 22.3. The Labute approximate surface area is 234 Å². The lowest BCUT2D eigenvalue weighted by atomic mass is 9.69. The zero-order chi connectivity index (χ0) is 29.9. The number of methoxy groups -OCH3 is 3. The van der Waals surface area contributed by atoms with E-state index in [4.69, 9.17) is 14.2 Å². The van der Waals surface area contributed by atoms with Crippen molar-refractivity contribution in [2.24, 2.45) is 4.99 Å². The second-order valence-electron chi connectivity index (χ2n) is 9.48. The molecule has 14 nitrogen and oxygen atoms in total. The molecular formula is C26H24N4O10S. The number of nitrogens with zero attached hydrogens (tertiary/aromatic N) is 4. The number of esters is 3. The van der Waals surface area contributed by atoms with Crippen molar-refractivity contribution in [2.75, 3.05) is 33.3 Å². The number of hydrogen-bond donors (Lipinski definition) is 0. The standard InChI is InChI=1S/C26H24N4O10S/c1-28-17-8-6-5-7-16(17)26-13-18(22(31)38-2)29(41(36,37)15-11-9-14(10-12-15)30(34)35)25(26)27-20(24(33)40-4)19(21(26)28)23(32)39-3/h5-12,18,21H,13H2,1-4H3/t18-,21-,26-/m0/s1. The number of rotatable bonds is 6. The van der Waals surface area contributed by atoms with Crippen LogP contribution in [0.15, 0.2) is 69.7 Å². The van der Waals surface area contributed by atoms with Crippen molar-refractivity contribution in [3.63, 3.8) is 0 Å². The lowest BCUT2D eigenvalue weighted by Gasteiger charge is -2.39. The number of aliphatic imine (C=N–C) groups is 1. The fourth-order valence-electron chi connectivity index (χ4n) is 5.97. The third kappa shape index (κ3) is 3.79. The number of amidine groups is 1. The molecule has 1 spiro atoms. The van der Waals surface area contributed by atoms with Crippen molar-refractivity contribution in [3.8, 4) is 0 Å². The fourth-order valence-corrected chi connectivity index (χ4v) is 7.60. The van der Waals surface area contributed by atoms with Gasteiger partial charge < -0.3 is 19.1 Å². The minimum Gasteiger partial charge on any atom is -0.467 e. The molecule has 2 aromatic rings. The van der Waals surface area contributed by atoms with Gasteiger partial charge in [-0.3, -0.25) is 10.1 Å². The molecular weight excluding hydrogens is 560 g/mol. The highest BCUT2D eigenvalue weighted by molar-refractivity contribution is 7.89. The monoisotopic (exact) mass is 584 g/mol. The van der Waals surface area contributed by atoms with Crippen molar-refractivity contribution in [3.05, 3.63) is 75.5 Å². The van der Waals surface area contributed by atoms with Crippen LogP contribution in [0.3, 0.4) is 0 Å². The summed E-state index contributed by atoms with van der Waals surface area (Å²) in [5, 5.41) is 11.2. The van der Waals surface area contributed by atoms with Crippen LogP contribution in [0, 0.1) is 10.1 Å². The van der Waals surface area contributed by atoms with Gasteiger partial charge in [-0.15, -0.1) is 0 Å². The number of non-ortho nitro benzene ring substituents is 1. The van der Waals surface area contributed by atoms with Crippen LogP contribution in [0.25, 0.3) is 0 Å². The predicted octanol–water partition coefficient (Wildman–Crippen LogP) is 1.30. The highest BCUT2D eigenvalue weighted by Crippen LogP contribution is 2.58. The van der Waals surface area contributed by atoms with Gasteiger partial charge in [0.05, 0.1) is 48.2 Å². The van der Waals surface area contributed by atoms with E-state index in [1.165, 1.54) is 0 Å². The van der Waals surface area contributed by atoms with Gasteiger partial charge in [0.15, 0.2) is 5.70 Å².